The Morgan fingerprint density at radius 2 is 2.18 bits per heavy atom. The molecule has 4 nitrogen and oxygen atoms in total. The third kappa shape index (κ3) is 4.34. The molecule has 0 aliphatic rings. The Labute approximate surface area is 102 Å². The van der Waals surface area contributed by atoms with Gasteiger partial charge in [-0.3, -0.25) is 0 Å². The zero-order valence-electron chi connectivity index (χ0n) is 10.6. The summed E-state index contributed by atoms with van der Waals surface area (Å²) in [4.78, 5) is 11.1. The van der Waals surface area contributed by atoms with Gasteiger partial charge in [-0.1, -0.05) is 17.7 Å². The first kappa shape index (κ1) is 13.4. The summed E-state index contributed by atoms with van der Waals surface area (Å²) in [5.41, 5.74) is 2.27. The van der Waals surface area contributed by atoms with Gasteiger partial charge in [-0.15, -0.1) is 0 Å². The number of carbonyl (C=O) groups excluding carboxylic acids is 1. The second-order valence-corrected chi connectivity index (χ2v) is 3.71. The zero-order valence-corrected chi connectivity index (χ0v) is 10.6. The van der Waals surface area contributed by atoms with Crippen LogP contribution in [0.1, 0.15) is 18.1 Å². The number of hydrogen-bond donors (Lipinski definition) is 1. The molecule has 1 amide bonds. The molecule has 1 aromatic rings. The summed E-state index contributed by atoms with van der Waals surface area (Å²) in [5.74, 6) is 0.848. The molecule has 0 aliphatic carbocycles. The van der Waals surface area contributed by atoms with Crippen molar-refractivity contribution in [3.05, 3.63) is 29.3 Å². The van der Waals surface area contributed by atoms with Crippen LogP contribution >= 0.6 is 0 Å². The van der Waals surface area contributed by atoms with E-state index in [1.54, 1.807) is 14.0 Å². The monoisotopic (exact) mass is 237 g/mol. The highest BCUT2D eigenvalue weighted by Gasteiger charge is 2.04. The topological polar surface area (TPSA) is 47.6 Å². The number of rotatable bonds is 5. The molecule has 0 radical (unpaired) electrons. The Balaban J connectivity index is 2.50. The van der Waals surface area contributed by atoms with E-state index in [0.29, 0.717) is 13.2 Å². The van der Waals surface area contributed by atoms with E-state index < -0.39 is 0 Å². The Bertz CT molecular complexity index is 377. The normalized spacial score (nSPS) is 9.82. The molecule has 0 aromatic heterocycles. The van der Waals surface area contributed by atoms with E-state index in [1.165, 1.54) is 5.56 Å². The molecule has 17 heavy (non-hydrogen) atoms. The van der Waals surface area contributed by atoms with E-state index in [2.05, 4.69) is 11.4 Å². The van der Waals surface area contributed by atoms with Gasteiger partial charge in [0.25, 0.3) is 0 Å². The lowest BCUT2D eigenvalue weighted by atomic mass is 10.1. The zero-order chi connectivity index (χ0) is 12.7. The van der Waals surface area contributed by atoms with E-state index in [-0.39, 0.29) is 6.09 Å². The fraction of sp³-hybridized carbons (Fsp3) is 0.462. The molecule has 0 spiro atoms. The van der Waals surface area contributed by atoms with E-state index in [0.717, 1.165) is 17.7 Å². The number of amides is 1. The third-order valence-corrected chi connectivity index (χ3v) is 2.38. The molecular weight excluding hydrogens is 218 g/mol. The SMILES string of the molecule is CCOC(=O)NCCc1cc(C)ccc1OC. The van der Waals surface area contributed by atoms with Gasteiger partial charge in [0.15, 0.2) is 0 Å². The molecule has 94 valence electrons. The standard InChI is InChI=1S/C13H19NO3/c1-4-17-13(15)14-8-7-11-9-10(2)5-6-12(11)16-3/h5-6,9H,4,7-8H2,1-3H3,(H,14,15). The molecule has 1 rings (SSSR count). The first-order valence-electron chi connectivity index (χ1n) is 5.71. The van der Waals surface area contributed by atoms with Crippen molar-refractivity contribution in [2.24, 2.45) is 0 Å². The van der Waals surface area contributed by atoms with E-state index in [1.807, 2.05) is 19.1 Å². The van der Waals surface area contributed by atoms with E-state index in [4.69, 9.17) is 9.47 Å². The molecule has 0 saturated heterocycles. The second-order valence-electron chi connectivity index (χ2n) is 3.71. The highest BCUT2D eigenvalue weighted by atomic mass is 16.5. The van der Waals surface area contributed by atoms with Gasteiger partial charge in [0.1, 0.15) is 5.75 Å². The number of alkyl carbamates (subject to hydrolysis) is 1. The Morgan fingerprint density at radius 1 is 1.41 bits per heavy atom. The predicted molar refractivity (Wildman–Crippen MR) is 66.5 cm³/mol. The minimum absolute atomic E-state index is 0.376. The van der Waals surface area contributed by atoms with Crippen LogP contribution in [0, 0.1) is 6.92 Å². The fourth-order valence-corrected chi connectivity index (χ4v) is 1.58. The summed E-state index contributed by atoms with van der Waals surface area (Å²) in [6.07, 6.45) is 0.350. The molecule has 4 heteroatoms. The molecule has 0 atom stereocenters. The number of methoxy groups -OCH3 is 1. The Hall–Kier alpha value is -1.71. The Kier molecular flexibility index (Phi) is 5.33. The van der Waals surface area contributed by atoms with Gasteiger partial charge in [-0.25, -0.2) is 4.79 Å². The van der Waals surface area contributed by atoms with Crippen molar-refractivity contribution in [2.45, 2.75) is 20.3 Å². The Morgan fingerprint density at radius 3 is 2.82 bits per heavy atom. The van der Waals surface area contributed by atoms with Gasteiger partial charge in [0, 0.05) is 6.54 Å². The summed E-state index contributed by atoms with van der Waals surface area (Å²) >= 11 is 0. The lowest BCUT2D eigenvalue weighted by molar-refractivity contribution is 0.152. The van der Waals surface area contributed by atoms with Crippen LogP contribution in [-0.2, 0) is 11.2 Å². The van der Waals surface area contributed by atoms with Gasteiger partial charge in [-0.05, 0) is 31.9 Å². The average Bonchev–Trinajstić information content (AvgIpc) is 2.30. The van der Waals surface area contributed by atoms with Crippen LogP contribution in [0.2, 0.25) is 0 Å². The van der Waals surface area contributed by atoms with Crippen LogP contribution in [0.15, 0.2) is 18.2 Å². The maximum atomic E-state index is 11.1. The largest absolute Gasteiger partial charge is 0.496 e. The van der Waals surface area contributed by atoms with Gasteiger partial charge >= 0.3 is 6.09 Å². The second kappa shape index (κ2) is 6.78. The molecule has 0 unspecified atom stereocenters. The summed E-state index contributed by atoms with van der Waals surface area (Å²) in [6, 6.07) is 6.00. The summed E-state index contributed by atoms with van der Waals surface area (Å²) in [6.45, 7) is 4.74. The summed E-state index contributed by atoms with van der Waals surface area (Å²) in [7, 11) is 1.65. The number of hydrogen-bond acceptors (Lipinski definition) is 3. The van der Waals surface area contributed by atoms with Crippen LogP contribution in [0.5, 0.6) is 5.75 Å². The summed E-state index contributed by atoms with van der Waals surface area (Å²) < 4.78 is 10.0. The first-order chi connectivity index (χ1) is 8.17. The molecule has 0 saturated carbocycles. The van der Waals surface area contributed by atoms with E-state index in [9.17, 15) is 4.79 Å². The summed E-state index contributed by atoms with van der Waals surface area (Å²) in [5, 5.41) is 2.69. The molecule has 0 heterocycles. The van der Waals surface area contributed by atoms with Crippen molar-refractivity contribution in [1.82, 2.24) is 5.32 Å². The number of benzene rings is 1. The van der Waals surface area contributed by atoms with Crippen LogP contribution < -0.4 is 10.1 Å². The van der Waals surface area contributed by atoms with Gasteiger partial charge in [-0.2, -0.15) is 0 Å². The average molecular weight is 237 g/mol. The van der Waals surface area contributed by atoms with Crippen molar-refractivity contribution in [3.8, 4) is 5.75 Å². The van der Waals surface area contributed by atoms with Crippen molar-refractivity contribution >= 4 is 6.09 Å². The molecular formula is C13H19NO3. The molecule has 0 bridgehead atoms. The minimum Gasteiger partial charge on any atom is -0.496 e. The smallest absolute Gasteiger partial charge is 0.407 e. The fourth-order valence-electron chi connectivity index (χ4n) is 1.58. The van der Waals surface area contributed by atoms with Crippen molar-refractivity contribution in [3.63, 3.8) is 0 Å². The van der Waals surface area contributed by atoms with Gasteiger partial charge in [0.2, 0.25) is 0 Å². The number of aryl methyl sites for hydroxylation is 1. The molecule has 0 fully saturated rings. The van der Waals surface area contributed by atoms with Crippen LogP contribution in [-0.4, -0.2) is 26.4 Å². The lowest BCUT2D eigenvalue weighted by Gasteiger charge is -2.10. The quantitative estimate of drug-likeness (QED) is 0.854. The van der Waals surface area contributed by atoms with E-state index >= 15 is 0 Å². The number of carbonyl (C=O) groups is 1. The first-order valence-corrected chi connectivity index (χ1v) is 5.71. The van der Waals surface area contributed by atoms with Crippen molar-refractivity contribution < 1.29 is 14.3 Å². The van der Waals surface area contributed by atoms with Gasteiger partial charge in [0.05, 0.1) is 13.7 Å². The number of ether oxygens (including phenoxy) is 2. The molecule has 1 N–H and O–H groups in total. The highest BCUT2D eigenvalue weighted by molar-refractivity contribution is 5.67. The minimum atomic E-state index is -0.376. The predicted octanol–water partition coefficient (Wildman–Crippen LogP) is 2.29. The third-order valence-electron chi connectivity index (χ3n) is 2.38. The van der Waals surface area contributed by atoms with Crippen molar-refractivity contribution in [2.75, 3.05) is 20.3 Å². The van der Waals surface area contributed by atoms with Crippen molar-refractivity contribution in [1.29, 1.82) is 0 Å². The van der Waals surface area contributed by atoms with Gasteiger partial charge < -0.3 is 14.8 Å². The van der Waals surface area contributed by atoms with Crippen LogP contribution in [0.3, 0.4) is 0 Å². The molecule has 0 aliphatic heterocycles. The lowest BCUT2D eigenvalue weighted by Crippen LogP contribution is -2.26. The van der Waals surface area contributed by atoms with Crippen LogP contribution in [0.4, 0.5) is 4.79 Å². The maximum Gasteiger partial charge on any atom is 0.407 e. The maximum absolute atomic E-state index is 11.1. The molecule has 1 aromatic carbocycles. The van der Waals surface area contributed by atoms with Crippen LogP contribution in [0.25, 0.3) is 0 Å². The highest BCUT2D eigenvalue weighted by Crippen LogP contribution is 2.19. The number of nitrogens with one attached hydrogen (secondary N) is 1.